The molecule has 2 heteroatoms. The summed E-state index contributed by atoms with van der Waals surface area (Å²) in [5.74, 6) is 0. The van der Waals surface area contributed by atoms with Crippen molar-refractivity contribution in [1.29, 1.82) is 0 Å². The van der Waals surface area contributed by atoms with E-state index in [-0.39, 0.29) is 0 Å². The molecule has 1 rings (SSSR count). The van der Waals surface area contributed by atoms with E-state index in [4.69, 9.17) is 4.74 Å². The fourth-order valence-electron chi connectivity index (χ4n) is 1.17. The van der Waals surface area contributed by atoms with Crippen LogP contribution in [-0.2, 0) is 4.74 Å². The molecule has 1 aliphatic rings. The van der Waals surface area contributed by atoms with E-state index in [1.165, 1.54) is 0 Å². The van der Waals surface area contributed by atoms with Gasteiger partial charge in [-0.15, -0.1) is 0 Å². The lowest BCUT2D eigenvalue weighted by Crippen LogP contribution is -2.36. The highest BCUT2D eigenvalue weighted by Crippen LogP contribution is 1.96. The summed E-state index contributed by atoms with van der Waals surface area (Å²) in [6.07, 6.45) is 5.60. The smallest absolute Gasteiger partial charge is 0.0594 e. The summed E-state index contributed by atoms with van der Waals surface area (Å²) in [4.78, 5) is 2.41. The summed E-state index contributed by atoms with van der Waals surface area (Å²) in [6.45, 7) is 11.2. The second-order valence-electron chi connectivity index (χ2n) is 2.79. The Morgan fingerprint density at radius 1 is 1.15 bits per heavy atom. The van der Waals surface area contributed by atoms with Gasteiger partial charge in [0.15, 0.2) is 0 Å². The van der Waals surface area contributed by atoms with Crippen LogP contribution in [0.1, 0.15) is 27.2 Å². The van der Waals surface area contributed by atoms with Gasteiger partial charge in [-0.25, -0.2) is 0 Å². The second kappa shape index (κ2) is 9.75. The second-order valence-corrected chi connectivity index (χ2v) is 2.79. The van der Waals surface area contributed by atoms with Crippen LogP contribution in [0.15, 0.2) is 12.2 Å². The van der Waals surface area contributed by atoms with E-state index in [9.17, 15) is 0 Å². The van der Waals surface area contributed by atoms with Gasteiger partial charge in [-0.1, -0.05) is 32.9 Å². The molecule has 0 aromatic heterocycles. The van der Waals surface area contributed by atoms with Crippen LogP contribution in [-0.4, -0.2) is 37.7 Å². The van der Waals surface area contributed by atoms with Crippen molar-refractivity contribution in [3.8, 4) is 0 Å². The number of ether oxygens (including phenoxy) is 1. The first-order chi connectivity index (χ1) is 6.43. The summed E-state index contributed by atoms with van der Waals surface area (Å²) in [7, 11) is 0. The number of morpholine rings is 1. The van der Waals surface area contributed by atoms with Crippen LogP contribution in [0.25, 0.3) is 0 Å². The molecule has 0 spiro atoms. The van der Waals surface area contributed by atoms with Crippen LogP contribution in [0.3, 0.4) is 0 Å². The molecule has 1 fully saturated rings. The first-order valence-corrected chi connectivity index (χ1v) is 5.38. The average molecular weight is 185 g/mol. The van der Waals surface area contributed by atoms with Crippen molar-refractivity contribution in [2.24, 2.45) is 0 Å². The van der Waals surface area contributed by atoms with E-state index in [0.29, 0.717) is 0 Å². The Hall–Kier alpha value is -0.340. The normalized spacial score (nSPS) is 18.4. The summed E-state index contributed by atoms with van der Waals surface area (Å²) in [5.41, 5.74) is 0. The minimum absolute atomic E-state index is 0.903. The van der Waals surface area contributed by atoms with Gasteiger partial charge in [0.2, 0.25) is 0 Å². The standard InChI is InChI=1S/C9H17NO.C2H6/c1-2-3-4-5-10-6-8-11-9-7-10;1-2/h3-4H,2,5-9H2,1H3;1-2H3/b4-3+;. The fourth-order valence-corrected chi connectivity index (χ4v) is 1.17. The van der Waals surface area contributed by atoms with Gasteiger partial charge in [-0.2, -0.15) is 0 Å². The lowest BCUT2D eigenvalue weighted by Gasteiger charge is -2.25. The van der Waals surface area contributed by atoms with Crippen molar-refractivity contribution >= 4 is 0 Å². The zero-order valence-corrected chi connectivity index (χ0v) is 9.25. The minimum atomic E-state index is 0.903. The largest absolute Gasteiger partial charge is 0.379 e. The Morgan fingerprint density at radius 3 is 2.31 bits per heavy atom. The van der Waals surface area contributed by atoms with Gasteiger partial charge < -0.3 is 4.74 Å². The highest BCUT2D eigenvalue weighted by molar-refractivity contribution is 4.84. The SMILES string of the molecule is CC.CC/C=C/CN1CCOCC1. The lowest BCUT2D eigenvalue weighted by molar-refractivity contribution is 0.0434. The van der Waals surface area contributed by atoms with Crippen LogP contribution >= 0.6 is 0 Å². The molecule has 1 heterocycles. The Kier molecular flexibility index (Phi) is 9.49. The van der Waals surface area contributed by atoms with Crippen LogP contribution in [0.5, 0.6) is 0 Å². The summed E-state index contributed by atoms with van der Waals surface area (Å²) >= 11 is 0. The van der Waals surface area contributed by atoms with E-state index >= 15 is 0 Å². The van der Waals surface area contributed by atoms with Crippen molar-refractivity contribution in [2.75, 3.05) is 32.8 Å². The van der Waals surface area contributed by atoms with E-state index in [1.807, 2.05) is 13.8 Å². The minimum Gasteiger partial charge on any atom is -0.379 e. The molecular formula is C11H23NO. The molecule has 0 atom stereocenters. The molecule has 78 valence electrons. The molecule has 0 N–H and O–H groups in total. The van der Waals surface area contributed by atoms with Crippen molar-refractivity contribution in [2.45, 2.75) is 27.2 Å². The van der Waals surface area contributed by atoms with Gasteiger partial charge in [0.25, 0.3) is 0 Å². The predicted octanol–water partition coefficient (Wildman–Crippen LogP) is 2.31. The number of hydrogen-bond donors (Lipinski definition) is 0. The third-order valence-corrected chi connectivity index (χ3v) is 1.87. The molecule has 0 unspecified atom stereocenters. The first kappa shape index (κ1) is 12.7. The molecule has 0 aromatic carbocycles. The number of nitrogens with zero attached hydrogens (tertiary/aromatic N) is 1. The van der Waals surface area contributed by atoms with Crippen LogP contribution in [0.4, 0.5) is 0 Å². The van der Waals surface area contributed by atoms with E-state index in [2.05, 4.69) is 24.0 Å². The van der Waals surface area contributed by atoms with Gasteiger partial charge >= 0.3 is 0 Å². The number of allylic oxidation sites excluding steroid dienone is 1. The maximum absolute atomic E-state index is 5.24. The molecule has 1 saturated heterocycles. The van der Waals surface area contributed by atoms with Crippen LogP contribution in [0, 0.1) is 0 Å². The van der Waals surface area contributed by atoms with Crippen molar-refractivity contribution in [3.63, 3.8) is 0 Å². The fraction of sp³-hybridized carbons (Fsp3) is 0.818. The molecule has 13 heavy (non-hydrogen) atoms. The summed E-state index contributed by atoms with van der Waals surface area (Å²) in [6, 6.07) is 0. The Balaban J connectivity index is 0.000000671. The van der Waals surface area contributed by atoms with Gasteiger partial charge in [0, 0.05) is 19.6 Å². The third-order valence-electron chi connectivity index (χ3n) is 1.87. The molecule has 1 aliphatic heterocycles. The van der Waals surface area contributed by atoms with Gasteiger partial charge in [-0.3, -0.25) is 4.90 Å². The predicted molar refractivity (Wildman–Crippen MR) is 58.0 cm³/mol. The van der Waals surface area contributed by atoms with Crippen molar-refractivity contribution in [1.82, 2.24) is 4.90 Å². The van der Waals surface area contributed by atoms with Crippen molar-refractivity contribution < 1.29 is 4.74 Å². The molecule has 0 bridgehead atoms. The highest BCUT2D eigenvalue weighted by Gasteiger charge is 2.06. The molecule has 0 amide bonds. The van der Waals surface area contributed by atoms with Gasteiger partial charge in [0.05, 0.1) is 13.2 Å². The Labute approximate surface area is 82.6 Å². The zero-order valence-electron chi connectivity index (χ0n) is 9.25. The molecule has 0 aromatic rings. The molecule has 2 nitrogen and oxygen atoms in total. The Bertz CT molecular complexity index is 117. The molecule has 0 saturated carbocycles. The van der Waals surface area contributed by atoms with E-state index < -0.39 is 0 Å². The van der Waals surface area contributed by atoms with E-state index in [0.717, 1.165) is 39.3 Å². The van der Waals surface area contributed by atoms with Gasteiger partial charge in [0.1, 0.15) is 0 Å². The molecule has 0 aliphatic carbocycles. The average Bonchev–Trinajstić information content (AvgIpc) is 2.23. The van der Waals surface area contributed by atoms with Crippen LogP contribution < -0.4 is 0 Å². The Morgan fingerprint density at radius 2 is 1.77 bits per heavy atom. The zero-order chi connectivity index (χ0) is 9.94. The lowest BCUT2D eigenvalue weighted by atomic mass is 10.3. The maximum atomic E-state index is 5.24. The first-order valence-electron chi connectivity index (χ1n) is 5.38. The van der Waals surface area contributed by atoms with Crippen LogP contribution in [0.2, 0.25) is 0 Å². The highest BCUT2D eigenvalue weighted by atomic mass is 16.5. The third kappa shape index (κ3) is 6.79. The maximum Gasteiger partial charge on any atom is 0.0594 e. The van der Waals surface area contributed by atoms with Gasteiger partial charge in [-0.05, 0) is 6.42 Å². The molecular weight excluding hydrogens is 162 g/mol. The summed E-state index contributed by atoms with van der Waals surface area (Å²) in [5, 5.41) is 0. The quantitative estimate of drug-likeness (QED) is 0.626. The van der Waals surface area contributed by atoms with E-state index in [1.54, 1.807) is 0 Å². The molecule has 0 radical (unpaired) electrons. The number of rotatable bonds is 3. The van der Waals surface area contributed by atoms with Crippen molar-refractivity contribution in [3.05, 3.63) is 12.2 Å². The topological polar surface area (TPSA) is 12.5 Å². The monoisotopic (exact) mass is 185 g/mol. The summed E-state index contributed by atoms with van der Waals surface area (Å²) < 4.78 is 5.24. The number of hydrogen-bond acceptors (Lipinski definition) is 2.